The number of hydrogen-bond acceptors (Lipinski definition) is 5. The van der Waals surface area contributed by atoms with Crippen molar-refractivity contribution < 1.29 is 0 Å². The summed E-state index contributed by atoms with van der Waals surface area (Å²) in [5, 5.41) is 7.99. The lowest BCUT2D eigenvalue weighted by molar-refractivity contribution is 0.502. The topological polar surface area (TPSA) is 93.4 Å². The predicted octanol–water partition coefficient (Wildman–Crippen LogP) is 2.05. The monoisotopic (exact) mass is 349 g/mol. The molecule has 0 saturated heterocycles. The number of aromatic nitrogens is 6. The van der Waals surface area contributed by atoms with Crippen molar-refractivity contribution >= 4 is 17.0 Å². The first kappa shape index (κ1) is 16.1. The summed E-state index contributed by atoms with van der Waals surface area (Å²) in [6.45, 7) is 3.63. The highest BCUT2D eigenvalue weighted by molar-refractivity contribution is 5.76. The summed E-state index contributed by atoms with van der Waals surface area (Å²) in [5.74, 6) is 0.780. The molecule has 1 unspecified atom stereocenters. The predicted molar refractivity (Wildman–Crippen MR) is 99.4 cm³/mol. The van der Waals surface area contributed by atoms with E-state index in [1.54, 1.807) is 23.4 Å². The van der Waals surface area contributed by atoms with E-state index in [-0.39, 0.29) is 5.56 Å². The fourth-order valence-electron chi connectivity index (χ4n) is 2.85. The molecule has 0 amide bonds. The van der Waals surface area contributed by atoms with Gasteiger partial charge in [0.25, 0.3) is 5.56 Å². The van der Waals surface area contributed by atoms with Gasteiger partial charge in [0.1, 0.15) is 5.39 Å². The second-order valence-electron chi connectivity index (χ2n) is 6.29. The molecular formula is C18H19N7O. The minimum atomic E-state index is -0.207. The van der Waals surface area contributed by atoms with Crippen LogP contribution in [0.5, 0.6) is 0 Å². The molecular weight excluding hydrogens is 330 g/mol. The SMILES string of the molecule is CC(CNc1nc2c(cnn2-c2ccccc2)c(=O)[nH]1)Cn1ccnc1. The highest BCUT2D eigenvalue weighted by Gasteiger charge is 2.12. The minimum absolute atomic E-state index is 0.207. The Kier molecular flexibility index (Phi) is 4.22. The molecule has 0 spiro atoms. The standard InChI is InChI=1S/C18H19N7O/c1-13(11-24-8-7-19-12-24)9-20-18-22-16-15(17(26)23-18)10-21-25(16)14-5-3-2-4-6-14/h2-8,10,12-13H,9,11H2,1H3,(H2,20,22,23,26). The zero-order valence-electron chi connectivity index (χ0n) is 14.3. The molecule has 0 aliphatic carbocycles. The first-order chi connectivity index (χ1) is 12.7. The second kappa shape index (κ2) is 6.83. The van der Waals surface area contributed by atoms with Crippen molar-refractivity contribution in [1.29, 1.82) is 0 Å². The number of hydrogen-bond donors (Lipinski definition) is 2. The molecule has 1 aromatic carbocycles. The Hall–Kier alpha value is -3.42. The molecule has 4 aromatic rings. The molecule has 1 atom stereocenters. The largest absolute Gasteiger partial charge is 0.355 e. The number of aromatic amines is 1. The minimum Gasteiger partial charge on any atom is -0.355 e. The normalized spacial score (nSPS) is 12.3. The van der Waals surface area contributed by atoms with Gasteiger partial charge in [-0.15, -0.1) is 0 Å². The van der Waals surface area contributed by atoms with Gasteiger partial charge in [-0.05, 0) is 18.1 Å². The number of H-pyrrole nitrogens is 1. The Morgan fingerprint density at radius 3 is 2.88 bits per heavy atom. The first-order valence-electron chi connectivity index (χ1n) is 8.44. The number of fused-ring (bicyclic) bond motifs is 1. The van der Waals surface area contributed by atoms with E-state index < -0.39 is 0 Å². The van der Waals surface area contributed by atoms with Gasteiger partial charge in [-0.25, -0.2) is 9.67 Å². The molecule has 8 nitrogen and oxygen atoms in total. The highest BCUT2D eigenvalue weighted by atomic mass is 16.1. The third-order valence-corrected chi connectivity index (χ3v) is 4.14. The van der Waals surface area contributed by atoms with Gasteiger partial charge in [0.2, 0.25) is 5.95 Å². The Morgan fingerprint density at radius 2 is 2.12 bits per heavy atom. The summed E-state index contributed by atoms with van der Waals surface area (Å²) in [5.41, 5.74) is 1.19. The van der Waals surface area contributed by atoms with Crippen LogP contribution in [0.4, 0.5) is 5.95 Å². The van der Waals surface area contributed by atoms with Crippen LogP contribution in [0, 0.1) is 5.92 Å². The third kappa shape index (κ3) is 3.21. The van der Waals surface area contributed by atoms with E-state index in [9.17, 15) is 4.79 Å². The lowest BCUT2D eigenvalue weighted by Gasteiger charge is -2.13. The van der Waals surface area contributed by atoms with Crippen molar-refractivity contribution in [3.05, 3.63) is 65.6 Å². The van der Waals surface area contributed by atoms with Gasteiger partial charge in [0.15, 0.2) is 5.65 Å². The number of nitrogens with one attached hydrogen (secondary N) is 2. The maximum atomic E-state index is 12.3. The van der Waals surface area contributed by atoms with Crippen LogP contribution in [0.2, 0.25) is 0 Å². The van der Waals surface area contributed by atoms with Crippen LogP contribution in [-0.2, 0) is 6.54 Å². The van der Waals surface area contributed by atoms with Crippen molar-refractivity contribution in [2.75, 3.05) is 11.9 Å². The van der Waals surface area contributed by atoms with Crippen molar-refractivity contribution in [3.8, 4) is 5.69 Å². The highest BCUT2D eigenvalue weighted by Crippen LogP contribution is 2.14. The molecule has 0 bridgehead atoms. The summed E-state index contributed by atoms with van der Waals surface area (Å²) in [6.07, 6.45) is 7.03. The number of nitrogens with zero attached hydrogens (tertiary/aromatic N) is 5. The van der Waals surface area contributed by atoms with E-state index in [0.29, 0.717) is 29.4 Å². The van der Waals surface area contributed by atoms with Crippen LogP contribution in [0.1, 0.15) is 6.92 Å². The first-order valence-corrected chi connectivity index (χ1v) is 8.44. The van der Waals surface area contributed by atoms with Crippen LogP contribution < -0.4 is 10.9 Å². The van der Waals surface area contributed by atoms with Gasteiger partial charge >= 0.3 is 0 Å². The summed E-state index contributed by atoms with van der Waals surface area (Å²) >= 11 is 0. The number of anilines is 1. The second-order valence-corrected chi connectivity index (χ2v) is 6.29. The van der Waals surface area contributed by atoms with Gasteiger partial charge in [-0.1, -0.05) is 25.1 Å². The molecule has 0 aliphatic heterocycles. The van der Waals surface area contributed by atoms with Crippen LogP contribution >= 0.6 is 0 Å². The third-order valence-electron chi connectivity index (χ3n) is 4.14. The Balaban J connectivity index is 1.57. The Labute approximate surface area is 149 Å². The average Bonchev–Trinajstić information content (AvgIpc) is 3.30. The van der Waals surface area contributed by atoms with Crippen LogP contribution in [0.3, 0.4) is 0 Å². The number of rotatable bonds is 6. The molecule has 0 saturated carbocycles. The van der Waals surface area contributed by atoms with Crippen LogP contribution in [0.25, 0.3) is 16.7 Å². The molecule has 0 fully saturated rings. The number of benzene rings is 1. The summed E-state index contributed by atoms with van der Waals surface area (Å²) < 4.78 is 3.70. The number of imidazole rings is 1. The molecule has 0 radical (unpaired) electrons. The molecule has 132 valence electrons. The van der Waals surface area contributed by atoms with Gasteiger partial charge in [0.05, 0.1) is 18.2 Å². The maximum absolute atomic E-state index is 12.3. The Morgan fingerprint density at radius 1 is 1.27 bits per heavy atom. The van der Waals surface area contributed by atoms with Crippen molar-refractivity contribution in [2.24, 2.45) is 5.92 Å². The van der Waals surface area contributed by atoms with Crippen molar-refractivity contribution in [3.63, 3.8) is 0 Å². The molecule has 2 N–H and O–H groups in total. The van der Waals surface area contributed by atoms with Gasteiger partial charge in [-0.2, -0.15) is 10.1 Å². The van der Waals surface area contributed by atoms with E-state index >= 15 is 0 Å². The summed E-state index contributed by atoms with van der Waals surface area (Å²) in [6, 6.07) is 9.63. The zero-order valence-corrected chi connectivity index (χ0v) is 14.3. The maximum Gasteiger partial charge on any atom is 0.263 e. The van der Waals surface area contributed by atoms with Crippen molar-refractivity contribution in [2.45, 2.75) is 13.5 Å². The van der Waals surface area contributed by atoms with Crippen molar-refractivity contribution in [1.82, 2.24) is 29.3 Å². The van der Waals surface area contributed by atoms with Gasteiger partial charge in [0, 0.05) is 25.5 Å². The van der Waals surface area contributed by atoms with Gasteiger partial charge < -0.3 is 9.88 Å². The van der Waals surface area contributed by atoms with Gasteiger partial charge in [-0.3, -0.25) is 9.78 Å². The fourth-order valence-corrected chi connectivity index (χ4v) is 2.85. The van der Waals surface area contributed by atoms with Crippen LogP contribution in [-0.4, -0.2) is 35.8 Å². The fraction of sp³-hybridized carbons (Fsp3) is 0.222. The van der Waals surface area contributed by atoms with E-state index in [1.165, 1.54) is 0 Å². The van der Waals surface area contributed by atoms with E-state index in [4.69, 9.17) is 0 Å². The Bertz CT molecular complexity index is 1050. The quantitative estimate of drug-likeness (QED) is 0.556. The number of para-hydroxylation sites is 1. The molecule has 3 aromatic heterocycles. The van der Waals surface area contributed by atoms with Crippen LogP contribution in [0.15, 0.2) is 60.0 Å². The molecule has 4 rings (SSSR count). The van der Waals surface area contributed by atoms with E-state index in [1.807, 2.05) is 41.1 Å². The lowest BCUT2D eigenvalue weighted by Crippen LogP contribution is -2.20. The van der Waals surface area contributed by atoms with E-state index in [0.717, 1.165) is 12.2 Å². The molecule has 8 heteroatoms. The van der Waals surface area contributed by atoms with E-state index in [2.05, 4.69) is 32.3 Å². The summed E-state index contributed by atoms with van der Waals surface area (Å²) in [4.78, 5) is 23.7. The molecule has 0 aliphatic rings. The average molecular weight is 349 g/mol. The molecule has 3 heterocycles. The lowest BCUT2D eigenvalue weighted by atomic mass is 10.2. The zero-order chi connectivity index (χ0) is 17.9. The smallest absolute Gasteiger partial charge is 0.263 e. The summed E-state index contributed by atoms with van der Waals surface area (Å²) in [7, 11) is 0. The molecule has 26 heavy (non-hydrogen) atoms.